The molecule has 1 aliphatic rings. The lowest BCUT2D eigenvalue weighted by atomic mass is 9.91. The number of rotatable bonds is 4. The quantitative estimate of drug-likeness (QED) is 0.482. The van der Waals surface area contributed by atoms with Crippen molar-refractivity contribution in [3.05, 3.63) is 0 Å². The predicted octanol–water partition coefficient (Wildman–Crippen LogP) is -0.0778. The van der Waals surface area contributed by atoms with Crippen LogP contribution in [0.25, 0.3) is 0 Å². The molecule has 1 rings (SSSR count). The Labute approximate surface area is 78.4 Å². The van der Waals surface area contributed by atoms with Crippen molar-refractivity contribution in [3.63, 3.8) is 0 Å². The van der Waals surface area contributed by atoms with E-state index in [0.717, 1.165) is 0 Å². The Balaban J connectivity index is 2.37. The van der Waals surface area contributed by atoms with Gasteiger partial charge in [0, 0.05) is 0 Å². The molecule has 0 amide bonds. The van der Waals surface area contributed by atoms with Crippen LogP contribution in [0.3, 0.4) is 0 Å². The van der Waals surface area contributed by atoms with Crippen molar-refractivity contribution in [2.75, 3.05) is 13.2 Å². The summed E-state index contributed by atoms with van der Waals surface area (Å²) in [5.41, 5.74) is 5.13. The van der Waals surface area contributed by atoms with Gasteiger partial charge in [-0.2, -0.15) is 10.4 Å². The fourth-order valence-electron chi connectivity index (χ4n) is 1.20. The molecular formula is C7H11BN4O. The molecule has 1 atom stereocenters. The maximum absolute atomic E-state index is 8.47. The molecule has 0 saturated carbocycles. The largest absolute Gasteiger partial charge is 0.376 e. The van der Waals surface area contributed by atoms with Crippen molar-refractivity contribution in [1.29, 1.82) is 5.26 Å². The molecule has 68 valence electrons. The zero-order chi connectivity index (χ0) is 9.73. The first-order valence-corrected chi connectivity index (χ1v) is 4.07. The average Bonchev–Trinajstić information content (AvgIpc) is 2.09. The third kappa shape index (κ3) is 2.51. The van der Waals surface area contributed by atoms with Crippen LogP contribution in [-0.4, -0.2) is 32.8 Å². The lowest BCUT2D eigenvalue weighted by Gasteiger charge is -2.37. The topological polar surface area (TPSA) is 83.8 Å². The van der Waals surface area contributed by atoms with Gasteiger partial charge in [0.05, 0.1) is 25.3 Å². The summed E-state index contributed by atoms with van der Waals surface area (Å²) < 4.78 is 5.02. The van der Waals surface area contributed by atoms with Gasteiger partial charge in [-0.1, -0.05) is 0 Å². The zero-order valence-electron chi connectivity index (χ0n) is 7.31. The fraction of sp³-hybridized carbons (Fsp3) is 0.857. The van der Waals surface area contributed by atoms with E-state index in [4.69, 9.17) is 23.7 Å². The zero-order valence-corrected chi connectivity index (χ0v) is 7.31. The van der Waals surface area contributed by atoms with Crippen LogP contribution in [-0.2, 0) is 4.74 Å². The molecule has 1 heterocycles. The molecule has 0 spiro atoms. The van der Waals surface area contributed by atoms with E-state index in [1.165, 1.54) is 0 Å². The van der Waals surface area contributed by atoms with Gasteiger partial charge in [0.15, 0.2) is 0 Å². The van der Waals surface area contributed by atoms with Crippen LogP contribution >= 0.6 is 0 Å². The van der Waals surface area contributed by atoms with Crippen molar-refractivity contribution in [1.82, 2.24) is 0 Å². The maximum Gasteiger partial charge on any atom is 0.292 e. The highest BCUT2D eigenvalue weighted by molar-refractivity contribution is 6.04. The molecule has 1 unspecified atom stereocenters. The van der Waals surface area contributed by atoms with Crippen LogP contribution in [0.4, 0.5) is 0 Å². The van der Waals surface area contributed by atoms with Gasteiger partial charge in [-0.25, -0.2) is 0 Å². The third-order valence-electron chi connectivity index (χ3n) is 2.10. The average molecular weight is 178 g/mol. The van der Waals surface area contributed by atoms with Gasteiger partial charge < -0.3 is 10.5 Å². The second-order valence-corrected chi connectivity index (χ2v) is 3.21. The number of nitrogens with two attached hydrogens (primary N) is 1. The summed E-state index contributed by atoms with van der Waals surface area (Å²) in [5, 5.41) is 15.6. The van der Waals surface area contributed by atoms with Crippen molar-refractivity contribution >= 4 is 7.98 Å². The second-order valence-electron chi connectivity index (χ2n) is 3.21. The van der Waals surface area contributed by atoms with E-state index in [1.54, 1.807) is 0 Å². The van der Waals surface area contributed by atoms with Crippen molar-refractivity contribution in [2.24, 2.45) is 15.9 Å². The Morgan fingerprint density at radius 3 is 2.77 bits per heavy atom. The highest BCUT2D eigenvalue weighted by Gasteiger charge is 2.38. The molecule has 13 heavy (non-hydrogen) atoms. The van der Waals surface area contributed by atoms with E-state index in [9.17, 15) is 0 Å². The Kier molecular flexibility index (Phi) is 3.40. The summed E-state index contributed by atoms with van der Waals surface area (Å²) in [6.07, 6.45) is 1.29. The number of nitrogens with zero attached hydrogens (tertiary/aromatic N) is 3. The van der Waals surface area contributed by atoms with Crippen molar-refractivity contribution < 1.29 is 4.74 Å². The van der Waals surface area contributed by atoms with Crippen LogP contribution in [0.5, 0.6) is 0 Å². The number of ether oxygens (including phenoxy) is 1. The number of hydrogen-bond donors (Lipinski definition) is 1. The smallest absolute Gasteiger partial charge is 0.292 e. The van der Waals surface area contributed by atoms with Gasteiger partial charge in [0.25, 0.3) is 7.98 Å². The lowest BCUT2D eigenvalue weighted by Crippen LogP contribution is -2.48. The second kappa shape index (κ2) is 4.35. The lowest BCUT2D eigenvalue weighted by molar-refractivity contribution is -0.0598. The van der Waals surface area contributed by atoms with E-state index in [1.807, 2.05) is 6.07 Å². The van der Waals surface area contributed by atoms with Gasteiger partial charge in [0.1, 0.15) is 5.54 Å². The Bertz CT molecular complexity index is 233. The summed E-state index contributed by atoms with van der Waals surface area (Å²) in [6.45, 7) is 1.04. The van der Waals surface area contributed by atoms with Crippen LogP contribution in [0.2, 0.25) is 0 Å². The van der Waals surface area contributed by atoms with E-state index >= 15 is 0 Å². The van der Waals surface area contributed by atoms with Gasteiger partial charge in [-0.15, -0.1) is 0 Å². The summed E-state index contributed by atoms with van der Waals surface area (Å²) in [6, 6.07) is 1.52. The first kappa shape index (κ1) is 10.2. The Hall–Kier alpha value is -0.925. The van der Waals surface area contributed by atoms with E-state index in [-0.39, 0.29) is 5.54 Å². The standard InChI is InChI=1S/C7H11BN4O/c8-12-11-7(4-13-5-7)2-1-6(10)3-9/h6H,1-2,4-5,10H2. The van der Waals surface area contributed by atoms with Gasteiger partial charge in [0.2, 0.25) is 0 Å². The maximum atomic E-state index is 8.47. The summed E-state index contributed by atoms with van der Waals surface area (Å²) in [4.78, 5) is 0. The highest BCUT2D eigenvalue weighted by Crippen LogP contribution is 2.27. The Morgan fingerprint density at radius 1 is 1.69 bits per heavy atom. The minimum Gasteiger partial charge on any atom is -0.376 e. The molecular weight excluding hydrogens is 167 g/mol. The van der Waals surface area contributed by atoms with Crippen LogP contribution in [0.1, 0.15) is 12.8 Å². The summed E-state index contributed by atoms with van der Waals surface area (Å²) in [7, 11) is 4.97. The van der Waals surface area contributed by atoms with Gasteiger partial charge in [-0.05, 0) is 12.8 Å². The molecule has 1 aliphatic heterocycles. The van der Waals surface area contributed by atoms with Crippen molar-refractivity contribution in [3.8, 4) is 6.07 Å². The molecule has 2 radical (unpaired) electrons. The number of hydrogen-bond acceptors (Lipinski definition) is 5. The molecule has 0 aromatic heterocycles. The van der Waals surface area contributed by atoms with Gasteiger partial charge >= 0.3 is 0 Å². The molecule has 5 nitrogen and oxygen atoms in total. The minimum absolute atomic E-state index is 0.316. The predicted molar refractivity (Wildman–Crippen MR) is 47.0 cm³/mol. The molecule has 0 aromatic rings. The first-order valence-electron chi connectivity index (χ1n) is 4.07. The number of nitriles is 1. The summed E-state index contributed by atoms with van der Waals surface area (Å²) >= 11 is 0. The molecule has 6 heteroatoms. The van der Waals surface area contributed by atoms with Crippen molar-refractivity contribution in [2.45, 2.75) is 24.4 Å². The fourth-order valence-corrected chi connectivity index (χ4v) is 1.20. The van der Waals surface area contributed by atoms with E-state index in [2.05, 4.69) is 10.1 Å². The normalized spacial score (nSPS) is 22.2. The van der Waals surface area contributed by atoms with Gasteiger partial charge in [-0.3, -0.25) is 5.03 Å². The molecule has 0 bridgehead atoms. The molecule has 1 fully saturated rings. The molecule has 1 saturated heterocycles. The molecule has 2 N–H and O–H groups in total. The SMILES string of the molecule is [B]N=NC1(CCC(N)C#N)COC1. The molecule has 0 aromatic carbocycles. The van der Waals surface area contributed by atoms with Crippen LogP contribution < -0.4 is 5.73 Å². The third-order valence-corrected chi connectivity index (χ3v) is 2.10. The summed E-state index contributed by atoms with van der Waals surface area (Å²) in [5.74, 6) is 0. The van der Waals surface area contributed by atoms with E-state index in [0.29, 0.717) is 26.1 Å². The van der Waals surface area contributed by atoms with Crippen LogP contribution in [0.15, 0.2) is 10.1 Å². The first-order chi connectivity index (χ1) is 6.22. The minimum atomic E-state index is -0.439. The van der Waals surface area contributed by atoms with E-state index < -0.39 is 6.04 Å². The highest BCUT2D eigenvalue weighted by atomic mass is 16.5. The molecule has 0 aliphatic carbocycles. The van der Waals surface area contributed by atoms with Crippen LogP contribution in [0, 0.1) is 11.3 Å². The Morgan fingerprint density at radius 2 is 2.38 bits per heavy atom. The monoisotopic (exact) mass is 178 g/mol.